The molecule has 0 unspecified atom stereocenters. The topological polar surface area (TPSA) is 50.8 Å². The molecule has 1 aliphatic rings. The molecular formula is C21H25ClN2O3. The molecule has 0 saturated carbocycles. The van der Waals surface area contributed by atoms with Crippen LogP contribution in [0.3, 0.4) is 0 Å². The number of halogens is 1. The first-order valence-electron chi connectivity index (χ1n) is 9.32. The molecule has 0 fully saturated rings. The summed E-state index contributed by atoms with van der Waals surface area (Å²) < 4.78 is 11.3. The maximum atomic E-state index is 12.7. The smallest absolute Gasteiger partial charge is 0.255 e. The van der Waals surface area contributed by atoms with Crippen molar-refractivity contribution in [3.05, 3.63) is 52.5 Å². The van der Waals surface area contributed by atoms with E-state index in [1.807, 2.05) is 18.2 Å². The second kappa shape index (κ2) is 9.11. The number of fused-ring (bicyclic) bond motifs is 1. The lowest BCUT2D eigenvalue weighted by molar-refractivity contribution is 0.102. The van der Waals surface area contributed by atoms with Gasteiger partial charge in [-0.05, 0) is 42.9 Å². The highest BCUT2D eigenvalue weighted by molar-refractivity contribution is 6.32. The molecule has 0 spiro atoms. The van der Waals surface area contributed by atoms with Gasteiger partial charge in [0.1, 0.15) is 0 Å². The average molecular weight is 389 g/mol. The number of anilines is 1. The first-order chi connectivity index (χ1) is 13.1. The van der Waals surface area contributed by atoms with E-state index in [0.717, 1.165) is 37.3 Å². The van der Waals surface area contributed by atoms with Gasteiger partial charge < -0.3 is 14.8 Å². The second-order valence-corrected chi connectivity index (χ2v) is 6.86. The number of ether oxygens (including phenoxy) is 2. The van der Waals surface area contributed by atoms with Gasteiger partial charge in [0.15, 0.2) is 11.5 Å². The summed E-state index contributed by atoms with van der Waals surface area (Å²) in [5.41, 5.74) is 2.36. The fraction of sp³-hybridized carbons (Fsp3) is 0.381. The van der Waals surface area contributed by atoms with Gasteiger partial charge in [0.25, 0.3) is 5.91 Å². The summed E-state index contributed by atoms with van der Waals surface area (Å²) in [6.45, 7) is 8.21. The monoisotopic (exact) mass is 388 g/mol. The lowest BCUT2D eigenvalue weighted by Gasteiger charge is -2.18. The summed E-state index contributed by atoms with van der Waals surface area (Å²) in [4.78, 5) is 15.0. The summed E-state index contributed by atoms with van der Waals surface area (Å²) >= 11 is 6.29. The molecule has 3 rings (SSSR count). The highest BCUT2D eigenvalue weighted by Crippen LogP contribution is 2.38. The van der Waals surface area contributed by atoms with Gasteiger partial charge in [0, 0.05) is 24.2 Å². The second-order valence-electron chi connectivity index (χ2n) is 6.45. The number of hydrogen-bond donors (Lipinski definition) is 1. The fourth-order valence-corrected chi connectivity index (χ4v) is 3.28. The van der Waals surface area contributed by atoms with Gasteiger partial charge in [-0.25, -0.2) is 0 Å². The first-order valence-corrected chi connectivity index (χ1v) is 9.70. The Morgan fingerprint density at radius 2 is 1.93 bits per heavy atom. The maximum absolute atomic E-state index is 12.7. The molecule has 0 atom stereocenters. The van der Waals surface area contributed by atoms with Crippen molar-refractivity contribution >= 4 is 23.2 Å². The Labute approximate surface area is 165 Å². The highest BCUT2D eigenvalue weighted by atomic mass is 35.5. The Bertz CT molecular complexity index is 806. The Morgan fingerprint density at radius 1 is 1.15 bits per heavy atom. The van der Waals surface area contributed by atoms with Gasteiger partial charge >= 0.3 is 0 Å². The number of rotatable bonds is 6. The summed E-state index contributed by atoms with van der Waals surface area (Å²) in [5.74, 6) is 0.792. The Hall–Kier alpha value is -2.24. The molecule has 0 saturated heterocycles. The molecule has 1 amide bonds. The zero-order chi connectivity index (χ0) is 19.2. The van der Waals surface area contributed by atoms with E-state index in [1.54, 1.807) is 12.1 Å². The summed E-state index contributed by atoms with van der Waals surface area (Å²) in [5, 5.41) is 3.33. The fourth-order valence-electron chi connectivity index (χ4n) is 3.02. The Morgan fingerprint density at radius 3 is 2.70 bits per heavy atom. The van der Waals surface area contributed by atoms with Gasteiger partial charge in [-0.15, -0.1) is 0 Å². The van der Waals surface area contributed by atoms with Crippen LogP contribution in [0, 0.1) is 0 Å². The number of carbonyl (C=O) groups is 1. The number of amides is 1. The van der Waals surface area contributed by atoms with E-state index >= 15 is 0 Å². The van der Waals surface area contributed by atoms with E-state index in [1.165, 1.54) is 0 Å². The highest BCUT2D eigenvalue weighted by Gasteiger charge is 2.18. The predicted molar refractivity (Wildman–Crippen MR) is 108 cm³/mol. The molecule has 2 aromatic carbocycles. The van der Waals surface area contributed by atoms with Crippen molar-refractivity contribution in [1.82, 2.24) is 4.90 Å². The summed E-state index contributed by atoms with van der Waals surface area (Å²) in [6.07, 6.45) is 0.784. The predicted octanol–water partition coefficient (Wildman–Crippen LogP) is 4.60. The van der Waals surface area contributed by atoms with Crippen LogP contribution >= 0.6 is 11.6 Å². The SMILES string of the molecule is CCN(CC)Cc1cccc(NC(=O)c2cc(Cl)c3c(c2)OCCCO3)c1. The Balaban J connectivity index is 1.76. The van der Waals surface area contributed by atoms with Crippen molar-refractivity contribution in [1.29, 1.82) is 0 Å². The third-order valence-electron chi connectivity index (χ3n) is 4.55. The molecule has 2 aromatic rings. The van der Waals surface area contributed by atoms with Crippen LogP contribution in [0.4, 0.5) is 5.69 Å². The first kappa shape index (κ1) is 19.5. The number of carbonyl (C=O) groups excluding carboxylic acids is 1. The third kappa shape index (κ3) is 4.93. The van der Waals surface area contributed by atoms with Crippen LogP contribution in [0.1, 0.15) is 36.2 Å². The van der Waals surface area contributed by atoms with Gasteiger partial charge in [-0.1, -0.05) is 37.6 Å². The van der Waals surface area contributed by atoms with Crippen LogP contribution in [0.5, 0.6) is 11.5 Å². The Kier molecular flexibility index (Phi) is 6.58. The van der Waals surface area contributed by atoms with Gasteiger partial charge in [0.05, 0.1) is 18.2 Å². The van der Waals surface area contributed by atoms with Gasteiger partial charge in [0.2, 0.25) is 0 Å². The molecule has 1 heterocycles. The summed E-state index contributed by atoms with van der Waals surface area (Å²) in [7, 11) is 0. The largest absolute Gasteiger partial charge is 0.489 e. The molecule has 0 bridgehead atoms. The molecule has 144 valence electrons. The number of nitrogens with one attached hydrogen (secondary N) is 1. The van der Waals surface area contributed by atoms with E-state index in [2.05, 4.69) is 30.1 Å². The van der Waals surface area contributed by atoms with Crippen LogP contribution in [0.2, 0.25) is 5.02 Å². The minimum atomic E-state index is -0.229. The normalized spacial score (nSPS) is 13.3. The van der Waals surface area contributed by atoms with Crippen molar-refractivity contribution in [2.75, 3.05) is 31.6 Å². The van der Waals surface area contributed by atoms with Gasteiger partial charge in [-0.3, -0.25) is 9.69 Å². The molecule has 5 nitrogen and oxygen atoms in total. The van der Waals surface area contributed by atoms with Gasteiger partial charge in [-0.2, -0.15) is 0 Å². The molecule has 6 heteroatoms. The lowest BCUT2D eigenvalue weighted by Crippen LogP contribution is -2.22. The van der Waals surface area contributed by atoms with E-state index in [9.17, 15) is 4.79 Å². The maximum Gasteiger partial charge on any atom is 0.255 e. The number of hydrogen-bond acceptors (Lipinski definition) is 4. The van der Waals surface area contributed by atoms with Crippen molar-refractivity contribution < 1.29 is 14.3 Å². The molecule has 0 aromatic heterocycles. The van der Waals surface area contributed by atoms with Crippen LogP contribution in [-0.2, 0) is 6.54 Å². The summed E-state index contributed by atoms with van der Waals surface area (Å²) in [6, 6.07) is 11.2. The molecule has 27 heavy (non-hydrogen) atoms. The molecule has 1 N–H and O–H groups in total. The minimum absolute atomic E-state index is 0.229. The zero-order valence-electron chi connectivity index (χ0n) is 15.8. The van der Waals surface area contributed by atoms with E-state index in [4.69, 9.17) is 21.1 Å². The zero-order valence-corrected chi connectivity index (χ0v) is 16.5. The standard InChI is InChI=1S/C21H25ClN2O3/c1-3-24(4-2)14-15-7-5-8-17(11-15)23-21(25)16-12-18(22)20-19(13-16)26-9-6-10-27-20/h5,7-8,11-13H,3-4,6,9-10,14H2,1-2H3,(H,23,25). The third-order valence-corrected chi connectivity index (χ3v) is 4.83. The van der Waals surface area contributed by atoms with Crippen LogP contribution in [0.15, 0.2) is 36.4 Å². The van der Waals surface area contributed by atoms with Crippen molar-refractivity contribution in [3.8, 4) is 11.5 Å². The van der Waals surface area contributed by atoms with Crippen LogP contribution in [0.25, 0.3) is 0 Å². The quantitative estimate of drug-likeness (QED) is 0.786. The number of benzene rings is 2. The minimum Gasteiger partial charge on any atom is -0.489 e. The van der Waals surface area contributed by atoms with Crippen LogP contribution < -0.4 is 14.8 Å². The van der Waals surface area contributed by atoms with Crippen molar-refractivity contribution in [3.63, 3.8) is 0 Å². The van der Waals surface area contributed by atoms with Crippen molar-refractivity contribution in [2.45, 2.75) is 26.8 Å². The molecule has 0 aliphatic carbocycles. The molecular weight excluding hydrogens is 364 g/mol. The van der Waals surface area contributed by atoms with E-state index in [0.29, 0.717) is 35.3 Å². The average Bonchev–Trinajstić information content (AvgIpc) is 2.92. The molecule has 0 radical (unpaired) electrons. The van der Waals surface area contributed by atoms with E-state index in [-0.39, 0.29) is 5.91 Å². The molecule has 1 aliphatic heterocycles. The van der Waals surface area contributed by atoms with E-state index < -0.39 is 0 Å². The van der Waals surface area contributed by atoms with Crippen molar-refractivity contribution in [2.24, 2.45) is 0 Å². The lowest BCUT2D eigenvalue weighted by atomic mass is 10.1. The van der Waals surface area contributed by atoms with Crippen LogP contribution in [-0.4, -0.2) is 37.1 Å². The number of nitrogens with zero attached hydrogens (tertiary/aromatic N) is 1.